The number of benzene rings is 1. The van der Waals surface area contributed by atoms with Crippen LogP contribution in [0.2, 0.25) is 0 Å². The number of carbonyl (C=O) groups excluding carboxylic acids is 1. The zero-order valence-corrected chi connectivity index (χ0v) is 8.47. The van der Waals surface area contributed by atoms with Gasteiger partial charge in [-0.25, -0.2) is 0 Å². The summed E-state index contributed by atoms with van der Waals surface area (Å²) in [5.74, 6) is 0.904. The number of amides is 1. The molecule has 2 nitrogen and oxygen atoms in total. The third-order valence-corrected chi connectivity index (χ3v) is 3.50. The number of anilines is 1. The van der Waals surface area contributed by atoms with Crippen LogP contribution in [0.1, 0.15) is 17.9 Å². The molecule has 1 fully saturated rings. The molecular weight excluding hydrogens is 230 g/mol. The van der Waals surface area contributed by atoms with Crippen LogP contribution in [-0.4, -0.2) is 5.91 Å². The van der Waals surface area contributed by atoms with E-state index in [0.717, 1.165) is 16.6 Å². The van der Waals surface area contributed by atoms with Gasteiger partial charge in [0.15, 0.2) is 0 Å². The molecule has 0 unspecified atom stereocenters. The number of hydrogen-bond donors (Lipinski definition) is 1. The predicted molar refractivity (Wildman–Crippen MR) is 53.6 cm³/mol. The lowest BCUT2D eigenvalue weighted by Crippen LogP contribution is -2.19. The number of halogens is 1. The van der Waals surface area contributed by atoms with Crippen LogP contribution in [0.25, 0.3) is 0 Å². The van der Waals surface area contributed by atoms with Crippen LogP contribution in [0.5, 0.6) is 0 Å². The summed E-state index contributed by atoms with van der Waals surface area (Å²) < 4.78 is 1.12. The largest absolute Gasteiger partial charge is 0.326 e. The molecule has 66 valence electrons. The van der Waals surface area contributed by atoms with Crippen LogP contribution in [0.4, 0.5) is 5.69 Å². The Morgan fingerprint density at radius 2 is 2.23 bits per heavy atom. The molecule has 2 atom stereocenters. The van der Waals surface area contributed by atoms with Gasteiger partial charge in [0.1, 0.15) is 0 Å². The van der Waals surface area contributed by atoms with E-state index in [1.165, 1.54) is 5.56 Å². The van der Waals surface area contributed by atoms with E-state index in [9.17, 15) is 4.79 Å². The molecule has 3 heteroatoms. The van der Waals surface area contributed by atoms with E-state index < -0.39 is 0 Å². The van der Waals surface area contributed by atoms with Crippen molar-refractivity contribution in [2.24, 2.45) is 5.92 Å². The molecule has 1 amide bonds. The summed E-state index contributed by atoms with van der Waals surface area (Å²) in [6.07, 6.45) is 1.02. The van der Waals surface area contributed by atoms with Gasteiger partial charge in [-0.1, -0.05) is 22.0 Å². The van der Waals surface area contributed by atoms with Crippen molar-refractivity contribution >= 4 is 27.5 Å². The minimum atomic E-state index is 0.190. The van der Waals surface area contributed by atoms with Crippen LogP contribution >= 0.6 is 15.9 Å². The lowest BCUT2D eigenvalue weighted by Gasteiger charge is -2.16. The van der Waals surface area contributed by atoms with Gasteiger partial charge in [0.05, 0.1) is 0 Å². The second-order valence-corrected chi connectivity index (χ2v) is 4.49. The molecule has 3 rings (SSSR count). The van der Waals surface area contributed by atoms with Gasteiger partial charge in [-0.15, -0.1) is 0 Å². The van der Waals surface area contributed by atoms with Gasteiger partial charge in [0, 0.05) is 16.1 Å². The Morgan fingerprint density at radius 3 is 3.08 bits per heavy atom. The van der Waals surface area contributed by atoms with Crippen molar-refractivity contribution in [1.82, 2.24) is 0 Å². The predicted octanol–water partition coefficient (Wildman–Crippen LogP) is 2.50. The van der Waals surface area contributed by atoms with Crippen molar-refractivity contribution in [3.05, 3.63) is 28.2 Å². The van der Waals surface area contributed by atoms with Gasteiger partial charge in [0.2, 0.25) is 5.91 Å². The fraction of sp³-hybridized carbons (Fsp3) is 0.300. The van der Waals surface area contributed by atoms with Crippen LogP contribution in [-0.2, 0) is 4.79 Å². The minimum absolute atomic E-state index is 0.190. The average Bonchev–Trinajstić information content (AvgIpc) is 2.83. The van der Waals surface area contributed by atoms with Crippen LogP contribution < -0.4 is 5.32 Å². The molecule has 0 spiro atoms. The third kappa shape index (κ3) is 0.967. The summed E-state index contributed by atoms with van der Waals surface area (Å²) in [5.41, 5.74) is 2.27. The monoisotopic (exact) mass is 237 g/mol. The molecule has 1 saturated carbocycles. The molecule has 13 heavy (non-hydrogen) atoms. The quantitative estimate of drug-likeness (QED) is 0.739. The van der Waals surface area contributed by atoms with Crippen molar-refractivity contribution in [2.45, 2.75) is 12.3 Å². The second kappa shape index (κ2) is 2.35. The van der Waals surface area contributed by atoms with Gasteiger partial charge < -0.3 is 5.32 Å². The highest BCUT2D eigenvalue weighted by atomic mass is 79.9. The molecule has 1 heterocycles. The summed E-state index contributed by atoms with van der Waals surface area (Å²) in [4.78, 5) is 11.4. The van der Waals surface area contributed by atoms with E-state index >= 15 is 0 Å². The molecule has 2 aliphatic rings. The average molecular weight is 238 g/mol. The summed E-state index contributed by atoms with van der Waals surface area (Å²) in [6, 6.07) is 5.95. The highest BCUT2D eigenvalue weighted by Gasteiger charge is 2.49. The van der Waals surface area contributed by atoms with Crippen LogP contribution in [0.15, 0.2) is 22.7 Å². The molecule has 1 aromatic carbocycles. The lowest BCUT2D eigenvalue weighted by atomic mass is 10.0. The molecule has 0 aromatic heterocycles. The van der Waals surface area contributed by atoms with E-state index in [2.05, 4.69) is 21.2 Å². The number of fused-ring (bicyclic) bond motifs is 3. The van der Waals surface area contributed by atoms with E-state index in [1.807, 2.05) is 18.2 Å². The van der Waals surface area contributed by atoms with Gasteiger partial charge in [-0.05, 0) is 30.0 Å². The Morgan fingerprint density at radius 1 is 1.38 bits per heavy atom. The maximum Gasteiger partial charge on any atom is 0.228 e. The topological polar surface area (TPSA) is 29.1 Å². The fourth-order valence-corrected chi connectivity index (χ4v) is 2.71. The number of hydrogen-bond acceptors (Lipinski definition) is 1. The van der Waals surface area contributed by atoms with E-state index in [4.69, 9.17) is 0 Å². The van der Waals surface area contributed by atoms with Gasteiger partial charge in [0.25, 0.3) is 0 Å². The normalized spacial score (nSPS) is 28.8. The Kier molecular flexibility index (Phi) is 1.37. The highest BCUT2D eigenvalue weighted by Crippen LogP contribution is 2.55. The zero-order valence-electron chi connectivity index (χ0n) is 6.88. The second-order valence-electron chi connectivity index (χ2n) is 3.64. The van der Waals surface area contributed by atoms with Crippen LogP contribution in [0.3, 0.4) is 0 Å². The molecule has 1 aromatic rings. The molecule has 1 aliphatic carbocycles. The molecule has 1 N–H and O–H groups in total. The fourth-order valence-electron chi connectivity index (χ4n) is 2.05. The molecule has 0 saturated heterocycles. The Labute approximate surface area is 84.5 Å². The first-order chi connectivity index (χ1) is 6.27. The SMILES string of the molecule is O=C1Nc2cccc(Br)c2[C@H]2C[C@@H]12. The standard InChI is InChI=1S/C10H8BrNO/c11-7-2-1-3-8-9(7)5-4-6(5)10(13)12-8/h1-3,5-6H,4H2,(H,12,13)/t5-,6+/m0/s1. The maximum atomic E-state index is 11.4. The Hall–Kier alpha value is -0.830. The van der Waals surface area contributed by atoms with Crippen molar-refractivity contribution in [1.29, 1.82) is 0 Å². The maximum absolute atomic E-state index is 11.4. The smallest absolute Gasteiger partial charge is 0.228 e. The van der Waals surface area contributed by atoms with Gasteiger partial charge in [-0.2, -0.15) is 0 Å². The van der Waals surface area contributed by atoms with Crippen molar-refractivity contribution in [3.63, 3.8) is 0 Å². The summed E-state index contributed by atoms with van der Waals surface area (Å²) in [6.45, 7) is 0. The Bertz CT molecular complexity index is 402. The molecule has 0 radical (unpaired) electrons. The zero-order chi connectivity index (χ0) is 9.00. The number of nitrogens with one attached hydrogen (secondary N) is 1. The Balaban J connectivity index is 2.20. The molecule has 1 aliphatic heterocycles. The van der Waals surface area contributed by atoms with E-state index in [-0.39, 0.29) is 11.8 Å². The van der Waals surface area contributed by atoms with Gasteiger partial charge in [-0.3, -0.25) is 4.79 Å². The first-order valence-electron chi connectivity index (χ1n) is 4.36. The summed E-state index contributed by atoms with van der Waals surface area (Å²) in [7, 11) is 0. The van der Waals surface area contributed by atoms with Crippen LogP contribution in [0, 0.1) is 5.92 Å². The molecule has 0 bridgehead atoms. The number of rotatable bonds is 0. The van der Waals surface area contributed by atoms with E-state index in [1.54, 1.807) is 0 Å². The van der Waals surface area contributed by atoms with Crippen molar-refractivity contribution in [2.75, 3.05) is 5.32 Å². The van der Waals surface area contributed by atoms with Gasteiger partial charge >= 0.3 is 0 Å². The molecular formula is C10H8BrNO. The lowest BCUT2D eigenvalue weighted by molar-refractivity contribution is -0.117. The minimum Gasteiger partial charge on any atom is -0.326 e. The summed E-state index contributed by atoms with van der Waals surface area (Å²) in [5, 5.41) is 2.92. The third-order valence-electron chi connectivity index (χ3n) is 2.81. The van der Waals surface area contributed by atoms with Crippen molar-refractivity contribution in [3.8, 4) is 0 Å². The first kappa shape index (κ1) is 7.56. The highest BCUT2D eigenvalue weighted by molar-refractivity contribution is 9.10. The number of carbonyl (C=O) groups is 1. The first-order valence-corrected chi connectivity index (χ1v) is 5.16. The summed E-state index contributed by atoms with van der Waals surface area (Å²) >= 11 is 3.52. The van der Waals surface area contributed by atoms with Crippen molar-refractivity contribution < 1.29 is 4.79 Å². The van der Waals surface area contributed by atoms with E-state index in [0.29, 0.717) is 5.92 Å².